The summed E-state index contributed by atoms with van der Waals surface area (Å²) in [6.45, 7) is 0.264. The number of nitrogens with one attached hydrogen (secondary N) is 3. The molecule has 27 heavy (non-hydrogen) atoms. The van der Waals surface area contributed by atoms with Crippen LogP contribution in [0.25, 0.3) is 0 Å². The highest BCUT2D eigenvalue weighted by Crippen LogP contribution is 2.23. The van der Waals surface area contributed by atoms with Crippen molar-refractivity contribution in [3.05, 3.63) is 72.1 Å². The minimum absolute atomic E-state index is 0.156. The van der Waals surface area contributed by atoms with Crippen molar-refractivity contribution < 1.29 is 22.0 Å². The van der Waals surface area contributed by atoms with Gasteiger partial charge in [-0.25, -0.2) is 22.0 Å². The van der Waals surface area contributed by atoms with Gasteiger partial charge in [-0.2, -0.15) is 5.10 Å². The van der Waals surface area contributed by atoms with Crippen LogP contribution in [0.2, 0.25) is 0 Å². The Labute approximate surface area is 153 Å². The molecule has 3 rings (SSSR count). The quantitative estimate of drug-likeness (QED) is 0.621. The molecule has 0 bridgehead atoms. The highest BCUT2D eigenvalue weighted by molar-refractivity contribution is 7.91. The first-order valence-corrected chi connectivity index (χ1v) is 9.17. The average molecular weight is 392 g/mol. The van der Waals surface area contributed by atoms with Crippen molar-refractivity contribution in [2.24, 2.45) is 0 Å². The molecule has 1 aromatic heterocycles. The normalized spacial score (nSPS) is 11.2. The molecule has 0 aliphatic rings. The zero-order valence-corrected chi connectivity index (χ0v) is 14.6. The molecule has 0 saturated heterocycles. The highest BCUT2D eigenvalue weighted by atomic mass is 32.2. The van der Waals surface area contributed by atoms with Crippen LogP contribution in [0.3, 0.4) is 0 Å². The SMILES string of the molecule is O=C(NCc1cn[nH]c1)Nc1ccc(S(=O)(=O)c2cc(F)cc(F)c2)cc1. The molecule has 0 aliphatic heterocycles. The van der Waals surface area contributed by atoms with Crippen LogP contribution in [0.5, 0.6) is 0 Å². The van der Waals surface area contributed by atoms with Crippen molar-refractivity contribution in [2.45, 2.75) is 16.3 Å². The molecule has 0 aliphatic carbocycles. The number of amides is 2. The Hall–Kier alpha value is -3.27. The summed E-state index contributed by atoms with van der Waals surface area (Å²) >= 11 is 0. The van der Waals surface area contributed by atoms with E-state index in [-0.39, 0.29) is 11.4 Å². The molecule has 1 heterocycles. The van der Waals surface area contributed by atoms with Crippen molar-refractivity contribution in [3.8, 4) is 0 Å². The summed E-state index contributed by atoms with van der Waals surface area (Å²) in [6, 6.07) is 6.82. The number of hydrogen-bond donors (Lipinski definition) is 3. The topological polar surface area (TPSA) is 104 Å². The van der Waals surface area contributed by atoms with Crippen LogP contribution in [0.4, 0.5) is 19.3 Å². The predicted octanol–water partition coefficient (Wildman–Crippen LogP) is 2.84. The monoisotopic (exact) mass is 392 g/mol. The molecule has 140 valence electrons. The van der Waals surface area contributed by atoms with E-state index in [1.54, 1.807) is 12.4 Å². The number of benzene rings is 2. The van der Waals surface area contributed by atoms with Crippen LogP contribution in [-0.4, -0.2) is 24.6 Å². The van der Waals surface area contributed by atoms with Gasteiger partial charge in [0, 0.05) is 30.1 Å². The number of hydrogen-bond acceptors (Lipinski definition) is 4. The van der Waals surface area contributed by atoms with Crippen molar-refractivity contribution in [1.29, 1.82) is 0 Å². The summed E-state index contributed by atoms with van der Waals surface area (Å²) < 4.78 is 51.5. The summed E-state index contributed by atoms with van der Waals surface area (Å²) in [5.74, 6) is -1.97. The van der Waals surface area contributed by atoms with Crippen LogP contribution in [0, 0.1) is 11.6 Å². The number of urea groups is 1. The lowest BCUT2D eigenvalue weighted by molar-refractivity contribution is 0.251. The van der Waals surface area contributed by atoms with Gasteiger partial charge in [0.15, 0.2) is 0 Å². The second kappa shape index (κ2) is 7.54. The molecule has 0 saturated carbocycles. The Morgan fingerprint density at radius 2 is 1.70 bits per heavy atom. The maximum absolute atomic E-state index is 13.3. The number of anilines is 1. The Kier molecular flexibility index (Phi) is 5.17. The average Bonchev–Trinajstić information content (AvgIpc) is 3.13. The molecule has 0 unspecified atom stereocenters. The van der Waals surface area contributed by atoms with E-state index in [2.05, 4.69) is 20.8 Å². The van der Waals surface area contributed by atoms with Crippen molar-refractivity contribution >= 4 is 21.6 Å². The number of sulfone groups is 1. The van der Waals surface area contributed by atoms with Gasteiger partial charge in [-0.15, -0.1) is 0 Å². The van der Waals surface area contributed by atoms with E-state index in [0.29, 0.717) is 11.8 Å². The van der Waals surface area contributed by atoms with E-state index in [9.17, 15) is 22.0 Å². The number of carbonyl (C=O) groups excluding carboxylic acids is 1. The number of halogens is 2. The summed E-state index contributed by atoms with van der Waals surface area (Å²) in [5, 5.41) is 11.5. The first-order chi connectivity index (χ1) is 12.8. The molecule has 10 heteroatoms. The fourth-order valence-electron chi connectivity index (χ4n) is 2.27. The minimum Gasteiger partial charge on any atom is -0.334 e. The van der Waals surface area contributed by atoms with E-state index in [0.717, 1.165) is 17.7 Å². The van der Waals surface area contributed by atoms with E-state index >= 15 is 0 Å². The molecule has 2 aromatic carbocycles. The maximum Gasteiger partial charge on any atom is 0.319 e. The second-order valence-corrected chi connectivity index (χ2v) is 7.50. The lowest BCUT2D eigenvalue weighted by Gasteiger charge is -2.09. The number of carbonyl (C=O) groups is 1. The van der Waals surface area contributed by atoms with Gasteiger partial charge in [0.25, 0.3) is 0 Å². The minimum atomic E-state index is -4.09. The Morgan fingerprint density at radius 1 is 1.04 bits per heavy atom. The molecular formula is C17H14F2N4O3S. The molecule has 3 aromatic rings. The van der Waals surface area contributed by atoms with Crippen LogP contribution in [0.1, 0.15) is 5.56 Å². The van der Waals surface area contributed by atoms with Gasteiger partial charge in [-0.3, -0.25) is 5.10 Å². The summed E-state index contributed by atoms with van der Waals surface area (Å²) in [5.41, 5.74) is 1.14. The lowest BCUT2D eigenvalue weighted by atomic mass is 10.3. The molecule has 0 fully saturated rings. The Morgan fingerprint density at radius 3 is 2.30 bits per heavy atom. The number of rotatable bonds is 5. The zero-order valence-electron chi connectivity index (χ0n) is 13.7. The predicted molar refractivity (Wildman–Crippen MR) is 92.7 cm³/mol. The van der Waals surface area contributed by atoms with Crippen LogP contribution >= 0.6 is 0 Å². The fourth-order valence-corrected chi connectivity index (χ4v) is 3.57. The fraction of sp³-hybridized carbons (Fsp3) is 0.0588. The largest absolute Gasteiger partial charge is 0.334 e. The van der Waals surface area contributed by atoms with Gasteiger partial charge in [0.1, 0.15) is 11.6 Å². The molecule has 0 atom stereocenters. The number of H-pyrrole nitrogens is 1. The van der Waals surface area contributed by atoms with Crippen molar-refractivity contribution in [3.63, 3.8) is 0 Å². The molecular weight excluding hydrogens is 378 g/mol. The lowest BCUT2D eigenvalue weighted by Crippen LogP contribution is -2.28. The van der Waals surface area contributed by atoms with Gasteiger partial charge in [-0.05, 0) is 36.4 Å². The van der Waals surface area contributed by atoms with Gasteiger partial charge in [-0.1, -0.05) is 0 Å². The third-order valence-electron chi connectivity index (χ3n) is 3.58. The summed E-state index contributed by atoms with van der Waals surface area (Å²) in [7, 11) is -4.09. The number of aromatic amines is 1. The smallest absolute Gasteiger partial charge is 0.319 e. The maximum atomic E-state index is 13.3. The first kappa shape index (κ1) is 18.5. The molecule has 0 spiro atoms. The summed E-state index contributed by atoms with van der Waals surface area (Å²) in [6.07, 6.45) is 3.20. The molecule has 7 nitrogen and oxygen atoms in total. The molecule has 3 N–H and O–H groups in total. The van der Waals surface area contributed by atoms with Gasteiger partial charge >= 0.3 is 6.03 Å². The summed E-state index contributed by atoms with van der Waals surface area (Å²) in [4.78, 5) is 11.2. The third kappa shape index (κ3) is 4.47. The van der Waals surface area contributed by atoms with E-state index < -0.39 is 32.4 Å². The van der Waals surface area contributed by atoms with Crippen molar-refractivity contribution in [1.82, 2.24) is 15.5 Å². The highest BCUT2D eigenvalue weighted by Gasteiger charge is 2.19. The second-order valence-electron chi connectivity index (χ2n) is 5.55. The first-order valence-electron chi connectivity index (χ1n) is 7.68. The van der Waals surface area contributed by atoms with Crippen LogP contribution in [-0.2, 0) is 16.4 Å². The third-order valence-corrected chi connectivity index (χ3v) is 5.33. The van der Waals surface area contributed by atoms with Crippen molar-refractivity contribution in [2.75, 3.05) is 5.32 Å². The van der Waals surface area contributed by atoms with E-state index in [1.807, 2.05) is 0 Å². The Balaban J connectivity index is 1.69. The zero-order chi connectivity index (χ0) is 19.4. The number of aromatic nitrogens is 2. The van der Waals surface area contributed by atoms with Crippen LogP contribution < -0.4 is 10.6 Å². The standard InChI is InChI=1S/C17H14F2N4O3S/c18-12-5-13(19)7-16(6-12)27(25,26)15-3-1-14(2-4-15)23-17(24)20-8-11-9-21-22-10-11/h1-7,9-10H,8H2,(H,21,22)(H2,20,23,24). The molecule has 2 amide bonds. The molecule has 0 radical (unpaired) electrons. The van der Waals surface area contributed by atoms with Gasteiger partial charge in [0.2, 0.25) is 9.84 Å². The van der Waals surface area contributed by atoms with E-state index in [4.69, 9.17) is 0 Å². The van der Waals surface area contributed by atoms with Gasteiger partial charge < -0.3 is 10.6 Å². The van der Waals surface area contributed by atoms with Crippen LogP contribution in [0.15, 0.2) is 64.6 Å². The Bertz CT molecular complexity index is 1030. The number of nitrogens with zero attached hydrogens (tertiary/aromatic N) is 1. The van der Waals surface area contributed by atoms with E-state index in [1.165, 1.54) is 24.3 Å². The van der Waals surface area contributed by atoms with Gasteiger partial charge in [0.05, 0.1) is 16.0 Å².